The largest absolute Gasteiger partial charge is 0.488 e. The van der Waals surface area contributed by atoms with Gasteiger partial charge in [-0.2, -0.15) is 0 Å². The van der Waals surface area contributed by atoms with Crippen LogP contribution in [0.4, 0.5) is 4.39 Å². The van der Waals surface area contributed by atoms with Crippen LogP contribution in [0.5, 0.6) is 5.75 Å². The first kappa shape index (κ1) is 15.3. The fourth-order valence-corrected chi connectivity index (χ4v) is 2.62. The molecular formula is C18H20FN3O. The highest BCUT2D eigenvalue weighted by Gasteiger charge is 2.22. The number of guanidine groups is 1. The van der Waals surface area contributed by atoms with E-state index in [1.165, 1.54) is 11.6 Å². The number of fused-ring (bicyclic) bond motifs is 1. The molecule has 2 aromatic carbocycles. The molecule has 3 rings (SSSR count). The number of halogens is 1. The minimum atomic E-state index is -0.218. The van der Waals surface area contributed by atoms with Crippen LogP contribution in [0.25, 0.3) is 0 Å². The van der Waals surface area contributed by atoms with Crippen LogP contribution in [-0.4, -0.2) is 25.7 Å². The summed E-state index contributed by atoms with van der Waals surface area (Å²) in [5.74, 6) is 1.37. The molecule has 23 heavy (non-hydrogen) atoms. The molecule has 1 aliphatic rings. The van der Waals surface area contributed by atoms with Crippen molar-refractivity contribution >= 4 is 5.96 Å². The van der Waals surface area contributed by atoms with E-state index in [1.54, 1.807) is 19.2 Å². The molecule has 0 saturated carbocycles. The number of benzene rings is 2. The van der Waals surface area contributed by atoms with E-state index in [-0.39, 0.29) is 11.9 Å². The molecule has 0 bridgehead atoms. The predicted molar refractivity (Wildman–Crippen MR) is 89.2 cm³/mol. The van der Waals surface area contributed by atoms with Gasteiger partial charge < -0.3 is 15.4 Å². The summed E-state index contributed by atoms with van der Waals surface area (Å²) in [4.78, 5) is 4.16. The van der Waals surface area contributed by atoms with Crippen LogP contribution in [0.2, 0.25) is 0 Å². The lowest BCUT2D eigenvalue weighted by Crippen LogP contribution is -2.42. The lowest BCUT2D eigenvalue weighted by molar-refractivity contribution is 0.235. The van der Waals surface area contributed by atoms with Crippen LogP contribution in [0.15, 0.2) is 53.5 Å². The maximum Gasteiger partial charge on any atom is 0.191 e. The van der Waals surface area contributed by atoms with E-state index in [0.717, 1.165) is 12.2 Å². The predicted octanol–water partition coefficient (Wildman–Crippen LogP) is 2.49. The van der Waals surface area contributed by atoms with Gasteiger partial charge in [-0.3, -0.25) is 4.99 Å². The van der Waals surface area contributed by atoms with E-state index in [0.29, 0.717) is 24.6 Å². The number of nitrogens with one attached hydrogen (secondary N) is 2. The van der Waals surface area contributed by atoms with Gasteiger partial charge in [0.2, 0.25) is 0 Å². The quantitative estimate of drug-likeness (QED) is 0.673. The highest BCUT2D eigenvalue weighted by Crippen LogP contribution is 2.27. The van der Waals surface area contributed by atoms with Crippen molar-refractivity contribution < 1.29 is 9.13 Å². The van der Waals surface area contributed by atoms with E-state index in [9.17, 15) is 4.39 Å². The molecule has 1 heterocycles. The van der Waals surface area contributed by atoms with Crippen molar-refractivity contribution in [2.45, 2.75) is 19.1 Å². The van der Waals surface area contributed by atoms with E-state index in [4.69, 9.17) is 4.74 Å². The Hall–Kier alpha value is -2.56. The maximum atomic E-state index is 13.6. The minimum absolute atomic E-state index is 0.0828. The topological polar surface area (TPSA) is 45.7 Å². The smallest absolute Gasteiger partial charge is 0.191 e. The zero-order chi connectivity index (χ0) is 16.1. The fraction of sp³-hybridized carbons (Fsp3) is 0.278. The van der Waals surface area contributed by atoms with Gasteiger partial charge in [0.15, 0.2) is 5.96 Å². The summed E-state index contributed by atoms with van der Waals surface area (Å²) in [6.07, 6.45) is 0.965. The Morgan fingerprint density at radius 3 is 2.74 bits per heavy atom. The van der Waals surface area contributed by atoms with Gasteiger partial charge in [0.25, 0.3) is 0 Å². The molecular weight excluding hydrogens is 293 g/mol. The van der Waals surface area contributed by atoms with Crippen molar-refractivity contribution in [3.63, 3.8) is 0 Å². The van der Waals surface area contributed by atoms with Gasteiger partial charge in [0.1, 0.15) is 17.7 Å². The Labute approximate surface area is 135 Å². The summed E-state index contributed by atoms with van der Waals surface area (Å²) in [6.45, 7) is 1.03. The molecule has 1 aliphatic heterocycles. The van der Waals surface area contributed by atoms with Crippen molar-refractivity contribution in [3.8, 4) is 5.75 Å². The lowest BCUT2D eigenvalue weighted by Gasteiger charge is -2.15. The van der Waals surface area contributed by atoms with Crippen LogP contribution in [0, 0.1) is 5.82 Å². The Balaban J connectivity index is 1.49. The van der Waals surface area contributed by atoms with Crippen molar-refractivity contribution in [1.29, 1.82) is 0 Å². The molecule has 4 nitrogen and oxygen atoms in total. The third-order valence-electron chi connectivity index (χ3n) is 3.84. The Bertz CT molecular complexity index is 677. The molecule has 0 amide bonds. The number of aliphatic imine (C=N–C) groups is 1. The van der Waals surface area contributed by atoms with Gasteiger partial charge in [-0.15, -0.1) is 0 Å². The molecule has 0 aliphatic carbocycles. The van der Waals surface area contributed by atoms with E-state index < -0.39 is 0 Å². The summed E-state index contributed by atoms with van der Waals surface area (Å²) >= 11 is 0. The second-order valence-electron chi connectivity index (χ2n) is 5.45. The number of nitrogens with zero attached hydrogens (tertiary/aromatic N) is 1. The molecule has 2 N–H and O–H groups in total. The number of hydrogen-bond donors (Lipinski definition) is 2. The minimum Gasteiger partial charge on any atom is -0.488 e. The molecule has 1 atom stereocenters. The third-order valence-corrected chi connectivity index (χ3v) is 3.84. The molecule has 120 valence electrons. The normalized spacial score (nSPS) is 16.6. The first-order valence-corrected chi connectivity index (χ1v) is 7.69. The zero-order valence-electron chi connectivity index (χ0n) is 13.1. The van der Waals surface area contributed by atoms with Crippen molar-refractivity contribution in [2.24, 2.45) is 4.99 Å². The summed E-state index contributed by atoms with van der Waals surface area (Å²) < 4.78 is 19.5. The first-order chi connectivity index (χ1) is 11.3. The molecule has 0 radical (unpaired) electrons. The van der Waals surface area contributed by atoms with Gasteiger partial charge in [-0.1, -0.05) is 36.4 Å². The average Bonchev–Trinajstić information content (AvgIpc) is 2.99. The fourth-order valence-electron chi connectivity index (χ4n) is 2.62. The summed E-state index contributed by atoms with van der Waals surface area (Å²) in [5, 5.41) is 6.34. The first-order valence-electron chi connectivity index (χ1n) is 7.69. The number of rotatable bonds is 4. The second kappa shape index (κ2) is 7.13. The average molecular weight is 313 g/mol. The van der Waals surface area contributed by atoms with Crippen LogP contribution >= 0.6 is 0 Å². The van der Waals surface area contributed by atoms with E-state index in [1.807, 2.05) is 24.3 Å². The highest BCUT2D eigenvalue weighted by atomic mass is 19.1. The standard InChI is InChI=1S/C18H20FN3O/c1-20-18(21-11-14-7-2-4-8-16(14)19)22-12-15-10-13-6-3-5-9-17(13)23-15/h2-9,15H,10-12H2,1H3,(H2,20,21,22). The molecule has 0 fully saturated rings. The SMILES string of the molecule is CN=C(NCc1ccccc1F)NCC1Cc2ccccc2O1. The second-order valence-corrected chi connectivity index (χ2v) is 5.45. The number of ether oxygens (including phenoxy) is 1. The number of para-hydroxylation sites is 1. The van der Waals surface area contributed by atoms with Crippen molar-refractivity contribution in [1.82, 2.24) is 10.6 Å². The third kappa shape index (κ3) is 3.80. The Morgan fingerprint density at radius 1 is 1.17 bits per heavy atom. The molecule has 5 heteroatoms. The van der Waals surface area contributed by atoms with Crippen LogP contribution in [0.1, 0.15) is 11.1 Å². The lowest BCUT2D eigenvalue weighted by atomic mass is 10.1. The Kier molecular flexibility index (Phi) is 4.76. The van der Waals surface area contributed by atoms with Crippen LogP contribution < -0.4 is 15.4 Å². The summed E-state index contributed by atoms with van der Waals surface area (Å²) in [6, 6.07) is 14.8. The summed E-state index contributed by atoms with van der Waals surface area (Å²) in [5.41, 5.74) is 1.84. The van der Waals surface area contributed by atoms with Gasteiger partial charge in [-0.05, 0) is 17.7 Å². The Morgan fingerprint density at radius 2 is 1.96 bits per heavy atom. The van der Waals surface area contributed by atoms with Gasteiger partial charge in [-0.25, -0.2) is 4.39 Å². The van der Waals surface area contributed by atoms with Gasteiger partial charge >= 0.3 is 0 Å². The van der Waals surface area contributed by atoms with Gasteiger partial charge in [0.05, 0.1) is 6.54 Å². The number of hydrogen-bond acceptors (Lipinski definition) is 2. The monoisotopic (exact) mass is 313 g/mol. The van der Waals surface area contributed by atoms with E-state index >= 15 is 0 Å². The molecule has 1 unspecified atom stereocenters. The molecule has 0 saturated heterocycles. The van der Waals surface area contributed by atoms with Crippen LogP contribution in [0.3, 0.4) is 0 Å². The summed E-state index contributed by atoms with van der Waals surface area (Å²) in [7, 11) is 1.70. The van der Waals surface area contributed by atoms with E-state index in [2.05, 4.69) is 21.7 Å². The maximum absolute atomic E-state index is 13.6. The molecule has 0 spiro atoms. The van der Waals surface area contributed by atoms with Gasteiger partial charge in [0, 0.05) is 25.6 Å². The molecule has 2 aromatic rings. The zero-order valence-corrected chi connectivity index (χ0v) is 13.1. The molecule has 0 aromatic heterocycles. The van der Waals surface area contributed by atoms with Crippen molar-refractivity contribution in [2.75, 3.05) is 13.6 Å². The van der Waals surface area contributed by atoms with Crippen molar-refractivity contribution in [3.05, 3.63) is 65.5 Å². The highest BCUT2D eigenvalue weighted by molar-refractivity contribution is 5.79. The van der Waals surface area contributed by atoms with Crippen LogP contribution in [-0.2, 0) is 13.0 Å².